The molecular weight excluding hydrogens is 322 g/mol. The number of benzene rings is 1. The van der Waals surface area contributed by atoms with Gasteiger partial charge in [0.2, 0.25) is 0 Å². The summed E-state index contributed by atoms with van der Waals surface area (Å²) in [6.07, 6.45) is -0.233. The lowest BCUT2D eigenvalue weighted by atomic mass is 10.0. The number of carbonyl (C=O) groups excluding carboxylic acids is 1. The molecule has 1 aromatic carbocycles. The zero-order valence-electron chi connectivity index (χ0n) is 15.2. The molecule has 1 aromatic rings. The van der Waals surface area contributed by atoms with E-state index < -0.39 is 17.8 Å². The number of carbonyl (C=O) groups is 1. The van der Waals surface area contributed by atoms with Gasteiger partial charge in [-0.05, 0) is 39.2 Å². The van der Waals surface area contributed by atoms with E-state index in [0.29, 0.717) is 32.6 Å². The molecule has 0 radical (unpaired) electrons. The highest BCUT2D eigenvalue weighted by atomic mass is 16.6. The third kappa shape index (κ3) is 7.42. The lowest BCUT2D eigenvalue weighted by molar-refractivity contribution is -0.142. The second-order valence-electron chi connectivity index (χ2n) is 7.32. The van der Waals surface area contributed by atoms with Crippen LogP contribution in [0.1, 0.15) is 39.2 Å². The molecule has 0 aliphatic carbocycles. The maximum absolute atomic E-state index is 11.7. The molecule has 2 rings (SSSR count). The fourth-order valence-electron chi connectivity index (χ4n) is 2.63. The quantitative estimate of drug-likeness (QED) is 0.824. The Bertz CT molecular complexity index is 528. The molecule has 1 fully saturated rings. The molecule has 0 spiro atoms. The van der Waals surface area contributed by atoms with Crippen LogP contribution in [-0.4, -0.2) is 48.3 Å². The van der Waals surface area contributed by atoms with E-state index in [2.05, 4.69) is 5.32 Å². The Hall–Kier alpha value is -1.63. The number of amides is 1. The number of aliphatic hydroxyl groups excluding tert-OH is 1. The van der Waals surface area contributed by atoms with Crippen LogP contribution in [-0.2, 0) is 20.8 Å². The van der Waals surface area contributed by atoms with Gasteiger partial charge in [-0.1, -0.05) is 30.3 Å². The molecule has 1 heterocycles. The van der Waals surface area contributed by atoms with Crippen molar-refractivity contribution in [1.82, 2.24) is 5.32 Å². The second kappa shape index (κ2) is 9.17. The first-order valence-corrected chi connectivity index (χ1v) is 8.75. The zero-order valence-corrected chi connectivity index (χ0v) is 15.2. The third-order valence-electron chi connectivity index (χ3n) is 3.85. The fourth-order valence-corrected chi connectivity index (χ4v) is 2.63. The molecule has 2 N–H and O–H groups in total. The Labute approximate surface area is 149 Å². The van der Waals surface area contributed by atoms with E-state index in [0.717, 1.165) is 5.56 Å². The summed E-state index contributed by atoms with van der Waals surface area (Å²) in [6.45, 7) is 6.62. The molecule has 6 nitrogen and oxygen atoms in total. The highest BCUT2D eigenvalue weighted by Crippen LogP contribution is 2.20. The fraction of sp³-hybridized carbons (Fsp3) is 0.632. The standard InChI is InChI=1S/C19H29NO5/c1-19(2,3)25-18(22)20-11-15-9-10-16(21)17(24-15)13-23-12-14-7-5-4-6-8-14/h4-8,15-17,21H,9-13H2,1-3H3,(H,20,22)/t15-,16-,17+/m0/s1. The number of hydrogen-bond donors (Lipinski definition) is 2. The lowest BCUT2D eigenvalue weighted by Crippen LogP contribution is -2.46. The van der Waals surface area contributed by atoms with Crippen molar-refractivity contribution in [2.45, 2.75) is 64.1 Å². The Morgan fingerprint density at radius 2 is 2.00 bits per heavy atom. The van der Waals surface area contributed by atoms with Gasteiger partial charge in [-0.2, -0.15) is 0 Å². The van der Waals surface area contributed by atoms with Gasteiger partial charge in [0.25, 0.3) is 0 Å². The molecule has 25 heavy (non-hydrogen) atoms. The van der Waals surface area contributed by atoms with Crippen molar-refractivity contribution >= 4 is 6.09 Å². The molecule has 1 aliphatic heterocycles. The Morgan fingerprint density at radius 1 is 1.28 bits per heavy atom. The van der Waals surface area contributed by atoms with Crippen LogP contribution in [0.5, 0.6) is 0 Å². The summed E-state index contributed by atoms with van der Waals surface area (Å²) in [5.41, 5.74) is 0.553. The number of alkyl carbamates (subject to hydrolysis) is 1. The van der Waals surface area contributed by atoms with Crippen molar-refractivity contribution in [3.8, 4) is 0 Å². The van der Waals surface area contributed by atoms with Crippen LogP contribution >= 0.6 is 0 Å². The largest absolute Gasteiger partial charge is 0.444 e. The van der Waals surface area contributed by atoms with Gasteiger partial charge in [0, 0.05) is 6.54 Å². The van der Waals surface area contributed by atoms with Gasteiger partial charge in [0.05, 0.1) is 25.4 Å². The van der Waals surface area contributed by atoms with Crippen LogP contribution in [0.25, 0.3) is 0 Å². The molecule has 1 aliphatic rings. The van der Waals surface area contributed by atoms with Gasteiger partial charge in [-0.15, -0.1) is 0 Å². The predicted molar refractivity (Wildman–Crippen MR) is 94.2 cm³/mol. The third-order valence-corrected chi connectivity index (χ3v) is 3.85. The highest BCUT2D eigenvalue weighted by molar-refractivity contribution is 5.67. The number of aliphatic hydroxyl groups is 1. The summed E-state index contributed by atoms with van der Waals surface area (Å²) in [7, 11) is 0. The van der Waals surface area contributed by atoms with Crippen LogP contribution in [0, 0.1) is 0 Å². The summed E-state index contributed by atoms with van der Waals surface area (Å²) in [5.74, 6) is 0. The minimum absolute atomic E-state index is 0.152. The molecular formula is C19H29NO5. The van der Waals surface area contributed by atoms with E-state index in [1.54, 1.807) is 0 Å². The molecule has 6 heteroatoms. The number of rotatable bonds is 6. The maximum Gasteiger partial charge on any atom is 0.407 e. The van der Waals surface area contributed by atoms with Gasteiger partial charge in [0.15, 0.2) is 0 Å². The topological polar surface area (TPSA) is 77.0 Å². The predicted octanol–water partition coefficient (Wildman–Crippen LogP) is 2.64. The van der Waals surface area contributed by atoms with E-state index in [4.69, 9.17) is 14.2 Å². The number of ether oxygens (including phenoxy) is 3. The van der Waals surface area contributed by atoms with Crippen LogP contribution in [0.3, 0.4) is 0 Å². The van der Waals surface area contributed by atoms with Crippen molar-refractivity contribution in [2.75, 3.05) is 13.2 Å². The Balaban J connectivity index is 1.72. The van der Waals surface area contributed by atoms with Crippen molar-refractivity contribution in [3.05, 3.63) is 35.9 Å². The van der Waals surface area contributed by atoms with Gasteiger partial charge >= 0.3 is 6.09 Å². The van der Waals surface area contributed by atoms with Crippen LogP contribution in [0.15, 0.2) is 30.3 Å². The minimum atomic E-state index is -0.548. The van der Waals surface area contributed by atoms with E-state index >= 15 is 0 Å². The van der Waals surface area contributed by atoms with Gasteiger partial charge in [0.1, 0.15) is 11.7 Å². The SMILES string of the molecule is CC(C)(C)OC(=O)NC[C@@H]1CC[C@H](O)[C@@H](COCc2ccccc2)O1. The van der Waals surface area contributed by atoms with Crippen LogP contribution in [0.2, 0.25) is 0 Å². The molecule has 0 aromatic heterocycles. The monoisotopic (exact) mass is 351 g/mol. The van der Waals surface area contributed by atoms with Crippen molar-refractivity contribution in [1.29, 1.82) is 0 Å². The normalized spacial score (nSPS) is 23.9. The first-order valence-electron chi connectivity index (χ1n) is 8.75. The first kappa shape index (κ1) is 19.7. The maximum atomic E-state index is 11.7. The molecule has 140 valence electrons. The molecule has 0 saturated carbocycles. The average molecular weight is 351 g/mol. The summed E-state index contributed by atoms with van der Waals surface area (Å²) in [5, 5.41) is 12.8. The molecule has 0 bridgehead atoms. The van der Waals surface area contributed by atoms with Crippen LogP contribution in [0.4, 0.5) is 4.79 Å². The highest BCUT2D eigenvalue weighted by Gasteiger charge is 2.30. The second-order valence-corrected chi connectivity index (χ2v) is 7.32. The Morgan fingerprint density at radius 3 is 2.68 bits per heavy atom. The van der Waals surface area contributed by atoms with Gasteiger partial charge < -0.3 is 24.6 Å². The van der Waals surface area contributed by atoms with E-state index in [-0.39, 0.29) is 12.2 Å². The van der Waals surface area contributed by atoms with Crippen LogP contribution < -0.4 is 5.32 Å². The minimum Gasteiger partial charge on any atom is -0.444 e. The lowest BCUT2D eigenvalue weighted by Gasteiger charge is -2.34. The van der Waals surface area contributed by atoms with Crippen molar-refractivity contribution in [3.63, 3.8) is 0 Å². The van der Waals surface area contributed by atoms with Gasteiger partial charge in [-0.25, -0.2) is 4.79 Å². The summed E-state index contributed by atoms with van der Waals surface area (Å²) in [6, 6.07) is 9.86. The summed E-state index contributed by atoms with van der Waals surface area (Å²) < 4.78 is 16.8. The molecule has 1 saturated heterocycles. The van der Waals surface area contributed by atoms with E-state index in [1.165, 1.54) is 0 Å². The average Bonchev–Trinajstić information content (AvgIpc) is 2.55. The van der Waals surface area contributed by atoms with Crippen molar-refractivity contribution < 1.29 is 24.1 Å². The van der Waals surface area contributed by atoms with E-state index in [1.807, 2.05) is 51.1 Å². The molecule has 1 amide bonds. The smallest absolute Gasteiger partial charge is 0.407 e. The van der Waals surface area contributed by atoms with Crippen molar-refractivity contribution in [2.24, 2.45) is 0 Å². The summed E-state index contributed by atoms with van der Waals surface area (Å²) >= 11 is 0. The molecule has 0 unspecified atom stereocenters. The zero-order chi connectivity index (χ0) is 18.3. The number of nitrogens with one attached hydrogen (secondary N) is 1. The Kier molecular flexibility index (Phi) is 7.23. The summed E-state index contributed by atoms with van der Waals surface area (Å²) in [4.78, 5) is 11.7. The molecule has 3 atom stereocenters. The van der Waals surface area contributed by atoms with E-state index in [9.17, 15) is 9.90 Å². The first-order chi connectivity index (χ1) is 11.8. The number of hydrogen-bond acceptors (Lipinski definition) is 5. The van der Waals surface area contributed by atoms with Gasteiger partial charge in [-0.3, -0.25) is 0 Å².